The quantitative estimate of drug-likeness (QED) is 0.161. The molecule has 0 aromatic heterocycles. The monoisotopic (exact) mass is 658 g/mol. The molecule has 0 aliphatic heterocycles. The zero-order valence-corrected chi connectivity index (χ0v) is 31.4. The van der Waals surface area contributed by atoms with Gasteiger partial charge in [-0.1, -0.05) is 150 Å². The van der Waals surface area contributed by atoms with Crippen molar-refractivity contribution >= 4 is 27.4 Å². The maximum atomic E-state index is 11.3. The maximum Gasteiger partial charge on any atom is 0.201 e. The third-order valence-electron chi connectivity index (χ3n) is 8.71. The van der Waals surface area contributed by atoms with Crippen LogP contribution in [0.4, 0.5) is 0 Å². The molecule has 0 atom stereocenters. The highest BCUT2D eigenvalue weighted by Crippen LogP contribution is 2.48. The van der Waals surface area contributed by atoms with Crippen molar-refractivity contribution in [1.29, 1.82) is 0 Å². The van der Waals surface area contributed by atoms with Crippen molar-refractivity contribution in [2.24, 2.45) is 0 Å². The molecule has 0 bridgehead atoms. The molecule has 4 aromatic carbocycles. The van der Waals surface area contributed by atoms with Gasteiger partial charge in [0.15, 0.2) is 0 Å². The van der Waals surface area contributed by atoms with E-state index in [1.54, 1.807) is 0 Å². The minimum Gasteiger partial charge on any atom is -0.347 e. The van der Waals surface area contributed by atoms with Crippen molar-refractivity contribution in [3.63, 3.8) is 0 Å². The van der Waals surface area contributed by atoms with Crippen molar-refractivity contribution in [1.82, 2.24) is 0 Å². The summed E-state index contributed by atoms with van der Waals surface area (Å²) in [6, 6.07) is 24.7. The zero-order valence-electron chi connectivity index (χ0n) is 29.6. The molecular weight excluding hydrogens is 606 g/mol. The average Bonchev–Trinajstić information content (AvgIpc) is 2.93. The molecule has 0 fully saturated rings. The summed E-state index contributed by atoms with van der Waals surface area (Å²) >= 11 is 0. The molecule has 4 nitrogen and oxygen atoms in total. The molecule has 0 saturated heterocycles. The topological polar surface area (TPSA) is 80.9 Å². The highest BCUT2D eigenvalue weighted by Gasteiger charge is 2.34. The van der Waals surface area contributed by atoms with Gasteiger partial charge in [-0.3, -0.25) is 0 Å². The minimum atomic E-state index is -2.75. The molecule has 246 valence electrons. The fourth-order valence-corrected chi connectivity index (χ4v) is 8.09. The van der Waals surface area contributed by atoms with Gasteiger partial charge in [0.1, 0.15) is 0 Å². The van der Waals surface area contributed by atoms with Crippen LogP contribution in [0.5, 0.6) is 0 Å². The molecule has 46 heavy (non-hydrogen) atoms. The average molecular weight is 659 g/mol. The molecule has 0 aliphatic carbocycles. The number of hydrogen-bond acceptors (Lipinski definition) is 4. The van der Waals surface area contributed by atoms with Gasteiger partial charge in [-0.25, -0.2) is 0 Å². The molecule has 0 radical (unpaired) electrons. The van der Waals surface area contributed by atoms with E-state index >= 15 is 0 Å². The van der Waals surface area contributed by atoms with E-state index in [4.69, 9.17) is 0 Å². The Hall–Kier alpha value is -2.42. The van der Waals surface area contributed by atoms with E-state index in [1.807, 2.05) is 36.4 Å². The molecule has 0 unspecified atom stereocenters. The Bertz CT molecular complexity index is 1710. The lowest BCUT2D eigenvalue weighted by Gasteiger charge is -2.32. The zero-order chi connectivity index (χ0) is 34.6. The van der Waals surface area contributed by atoms with E-state index in [-0.39, 0.29) is 32.3 Å². The third-order valence-corrected chi connectivity index (χ3v) is 10.6. The summed E-state index contributed by atoms with van der Waals surface area (Å²) in [5.41, 5.74) is 8.56. The van der Waals surface area contributed by atoms with Crippen LogP contribution >= 0.6 is 16.8 Å². The molecule has 4 N–H and O–H groups in total. The predicted octanol–water partition coefficient (Wildman–Crippen LogP) is 9.72. The van der Waals surface area contributed by atoms with Crippen LogP contribution in [-0.4, -0.2) is 19.6 Å². The van der Waals surface area contributed by atoms with Gasteiger partial charge in [0, 0.05) is 5.56 Å². The lowest BCUT2D eigenvalue weighted by molar-refractivity contribution is 0.492. The van der Waals surface area contributed by atoms with E-state index in [2.05, 4.69) is 119 Å². The molecule has 4 rings (SSSR count). The Morgan fingerprint density at radius 2 is 0.848 bits per heavy atom. The summed E-state index contributed by atoms with van der Waals surface area (Å²) in [7, 11) is -5.45. The van der Waals surface area contributed by atoms with Crippen molar-refractivity contribution in [3.05, 3.63) is 95.1 Å². The summed E-state index contributed by atoms with van der Waals surface area (Å²) in [4.78, 5) is 44.7. The largest absolute Gasteiger partial charge is 0.347 e. The summed E-state index contributed by atoms with van der Waals surface area (Å²) in [6.45, 7) is 26.3. The van der Waals surface area contributed by atoms with Crippen LogP contribution < -0.4 is 10.6 Å². The Morgan fingerprint density at radius 3 is 1.26 bits per heavy atom. The molecular formula is C40H52O4P2. The van der Waals surface area contributed by atoms with Gasteiger partial charge in [-0.15, -0.1) is 0 Å². The van der Waals surface area contributed by atoms with Gasteiger partial charge in [-0.2, -0.15) is 0 Å². The highest BCUT2D eigenvalue weighted by molar-refractivity contribution is 7.61. The van der Waals surface area contributed by atoms with Crippen LogP contribution in [0.2, 0.25) is 0 Å². The molecule has 0 spiro atoms. The first-order valence-corrected chi connectivity index (χ1v) is 18.5. The fourth-order valence-electron chi connectivity index (χ4n) is 6.09. The van der Waals surface area contributed by atoms with Gasteiger partial charge in [0.2, 0.25) is 16.8 Å². The van der Waals surface area contributed by atoms with Crippen LogP contribution in [0.25, 0.3) is 33.4 Å². The fraction of sp³-hybridized carbons (Fsp3) is 0.400. The molecule has 0 aliphatic rings. The second-order valence-corrected chi connectivity index (χ2v) is 18.6. The number of rotatable bonds is 5. The van der Waals surface area contributed by atoms with Gasteiger partial charge < -0.3 is 19.6 Å². The van der Waals surface area contributed by atoms with Gasteiger partial charge in [0.05, 0.1) is 10.6 Å². The summed E-state index contributed by atoms with van der Waals surface area (Å²) in [5, 5.41) is 0.371. The second-order valence-electron chi connectivity index (χ2n) is 16.5. The van der Waals surface area contributed by atoms with Crippen molar-refractivity contribution in [3.8, 4) is 33.4 Å². The normalized spacial score (nSPS) is 13.2. The van der Waals surface area contributed by atoms with Crippen LogP contribution in [0.3, 0.4) is 0 Å². The molecule has 4 aromatic rings. The first-order chi connectivity index (χ1) is 21.0. The summed E-state index contributed by atoms with van der Waals surface area (Å²) in [6.07, 6.45) is 0. The van der Waals surface area contributed by atoms with Crippen LogP contribution in [0, 0.1) is 0 Å². The molecule has 0 saturated carbocycles. The highest BCUT2D eigenvalue weighted by atomic mass is 31.2. The van der Waals surface area contributed by atoms with Gasteiger partial charge in [0.25, 0.3) is 0 Å². The third kappa shape index (κ3) is 7.50. The lowest BCUT2D eigenvalue weighted by Crippen LogP contribution is -2.28. The van der Waals surface area contributed by atoms with E-state index in [9.17, 15) is 19.6 Å². The number of hydrogen-bond donors (Lipinski definition) is 4. The summed E-state index contributed by atoms with van der Waals surface area (Å²) < 4.78 is 0. The Labute approximate surface area is 279 Å². The maximum absolute atomic E-state index is 11.3. The second kappa shape index (κ2) is 12.9. The molecule has 6 heteroatoms. The molecule has 0 amide bonds. The predicted molar refractivity (Wildman–Crippen MR) is 200 cm³/mol. The van der Waals surface area contributed by atoms with Crippen LogP contribution in [-0.2, 0) is 21.7 Å². The minimum absolute atomic E-state index is 0.0676. The van der Waals surface area contributed by atoms with Gasteiger partial charge in [-0.05, 0) is 77.8 Å². The van der Waals surface area contributed by atoms with Crippen LogP contribution in [0.1, 0.15) is 105 Å². The van der Waals surface area contributed by atoms with Crippen LogP contribution in [0.15, 0.2) is 72.8 Å². The van der Waals surface area contributed by atoms with Crippen molar-refractivity contribution in [2.75, 3.05) is 0 Å². The Kier molecular flexibility index (Phi) is 10.2. The smallest absolute Gasteiger partial charge is 0.201 e. The van der Waals surface area contributed by atoms with E-state index in [0.717, 1.165) is 33.4 Å². The SMILES string of the molecule is CC(C)(C)c1ccc(-c2cc(-c3ccccc3)c(P(O)O)c(P(O)O)c2-c2ccc(C(C)(C)C)cc2C(C)(C)C)c(C(C)(C)C)c1. The lowest BCUT2D eigenvalue weighted by atomic mass is 9.74. The molecule has 0 heterocycles. The van der Waals surface area contributed by atoms with Gasteiger partial charge >= 0.3 is 0 Å². The van der Waals surface area contributed by atoms with E-state index in [1.165, 1.54) is 11.1 Å². The van der Waals surface area contributed by atoms with E-state index < -0.39 is 16.8 Å². The van der Waals surface area contributed by atoms with Crippen molar-refractivity contribution < 1.29 is 19.6 Å². The first kappa shape index (κ1) is 36.4. The first-order valence-electron chi connectivity index (χ1n) is 16.0. The van der Waals surface area contributed by atoms with Crippen molar-refractivity contribution in [2.45, 2.75) is 105 Å². The van der Waals surface area contributed by atoms with E-state index in [0.29, 0.717) is 11.1 Å². The number of benzene rings is 4. The Morgan fingerprint density at radius 1 is 0.413 bits per heavy atom. The standard InChI is InChI=1S/C40H52O4P2/c1-37(2,3)26-18-20-28(32(22-26)39(7,8)9)31-24-30(25-16-14-13-15-17-25)35(45(41)42)36(46(43)44)34(31)29-21-19-27(38(4,5)6)23-33(29)40(10,11)12/h13-24,41-44H,1-12H3. The Balaban J connectivity index is 2.34. The summed E-state index contributed by atoms with van der Waals surface area (Å²) in [5.74, 6) is 0.